The molecule has 184 valence electrons. The Morgan fingerprint density at radius 2 is 1.85 bits per heavy atom. The summed E-state index contributed by atoms with van der Waals surface area (Å²) >= 11 is 10.5. The molecule has 5 atom stereocenters. The Labute approximate surface area is 212 Å². The summed E-state index contributed by atoms with van der Waals surface area (Å²) in [5.74, 6) is -1.94. The number of carbonyl (C=O) groups excluding carboxylic acids is 1. The zero-order valence-corrected chi connectivity index (χ0v) is 21.2. The molecule has 1 aliphatic heterocycles. The fourth-order valence-electron chi connectivity index (χ4n) is 4.96. The van der Waals surface area contributed by atoms with Crippen molar-refractivity contribution in [2.45, 2.75) is 57.0 Å². The molecule has 1 amide bonds. The second-order valence-electron chi connectivity index (χ2n) is 8.66. The van der Waals surface area contributed by atoms with Crippen LogP contribution in [0.2, 0.25) is 10.0 Å². The van der Waals surface area contributed by atoms with E-state index in [9.17, 15) is 23.5 Å². The van der Waals surface area contributed by atoms with Gasteiger partial charge in [0.2, 0.25) is 5.91 Å². The Kier molecular flexibility index (Phi) is 9.54. The van der Waals surface area contributed by atoms with Crippen LogP contribution in [0, 0.1) is 5.92 Å². The van der Waals surface area contributed by atoms with Gasteiger partial charge >= 0.3 is 5.97 Å². The van der Waals surface area contributed by atoms with E-state index in [4.69, 9.17) is 23.2 Å². The van der Waals surface area contributed by atoms with Crippen LogP contribution in [0.3, 0.4) is 0 Å². The minimum Gasteiger partial charge on any atom is -0.481 e. The number of benzene rings is 2. The van der Waals surface area contributed by atoms with Crippen molar-refractivity contribution in [3.05, 3.63) is 69.7 Å². The minimum absolute atomic E-state index is 0.125. The smallest absolute Gasteiger partial charge is 0.304 e. The Hall–Kier alpha value is -1.93. The number of carboxylic acids is 1. The summed E-state index contributed by atoms with van der Waals surface area (Å²) in [4.78, 5) is 27.2. The monoisotopic (exact) mass is 525 g/mol. The molecule has 2 aromatic carbocycles. The van der Waals surface area contributed by atoms with Crippen LogP contribution in [0.5, 0.6) is 0 Å². The first-order chi connectivity index (χ1) is 16.2. The fraction of sp³-hybridized carbons (Fsp3) is 0.440. The first-order valence-electron chi connectivity index (χ1n) is 11.3. The molecule has 3 rings (SSSR count). The van der Waals surface area contributed by atoms with Crippen LogP contribution in [0.1, 0.15) is 62.1 Å². The van der Waals surface area contributed by atoms with Gasteiger partial charge in [0.25, 0.3) is 0 Å². The maximum atomic E-state index is 13.8. The molecule has 0 saturated carbocycles. The van der Waals surface area contributed by atoms with Crippen molar-refractivity contribution < 1.29 is 23.5 Å². The molecule has 34 heavy (non-hydrogen) atoms. The zero-order chi connectivity index (χ0) is 24.8. The summed E-state index contributed by atoms with van der Waals surface area (Å²) in [5, 5.41) is 10.7. The van der Waals surface area contributed by atoms with Crippen molar-refractivity contribution >= 4 is 46.2 Å². The standard InChI is InChI=1S/C25H29Cl2NO5S/c1-2-21(7-4-12-34(32)33)28-24(16-8-10-19(26)11-9-16)22(17-5-3-6-20(27)13-17)14-18(25(28)31)15-23(29)30/h3,5-6,8-11,13,18,21-22,24H,2,4,7,12,14-15H2,1H3,(H,29,30)(H,32,33). The number of carbonyl (C=O) groups is 2. The third-order valence-electron chi connectivity index (χ3n) is 6.45. The van der Waals surface area contributed by atoms with Gasteiger partial charge in [-0.15, -0.1) is 0 Å². The van der Waals surface area contributed by atoms with Crippen LogP contribution in [0.15, 0.2) is 48.5 Å². The van der Waals surface area contributed by atoms with Gasteiger partial charge in [-0.25, -0.2) is 4.21 Å². The first kappa shape index (κ1) is 26.7. The van der Waals surface area contributed by atoms with Gasteiger partial charge in [-0.3, -0.25) is 9.59 Å². The average molecular weight is 526 g/mol. The normalized spacial score (nSPS) is 22.4. The molecule has 9 heteroatoms. The van der Waals surface area contributed by atoms with Gasteiger partial charge in [-0.1, -0.05) is 54.4 Å². The molecule has 1 saturated heterocycles. The second-order valence-corrected chi connectivity index (χ2v) is 10.6. The quantitative estimate of drug-likeness (QED) is 0.375. The number of nitrogens with zero attached hydrogens (tertiary/aromatic N) is 1. The Morgan fingerprint density at radius 1 is 1.15 bits per heavy atom. The van der Waals surface area contributed by atoms with Gasteiger partial charge in [0.1, 0.15) is 0 Å². The number of hydrogen-bond donors (Lipinski definition) is 2. The van der Waals surface area contributed by atoms with Gasteiger partial charge in [0, 0.05) is 33.7 Å². The highest BCUT2D eigenvalue weighted by Crippen LogP contribution is 2.48. The van der Waals surface area contributed by atoms with E-state index in [-0.39, 0.29) is 36.1 Å². The highest BCUT2D eigenvalue weighted by Gasteiger charge is 2.45. The Balaban J connectivity index is 2.11. The molecule has 6 nitrogen and oxygen atoms in total. The molecule has 0 spiro atoms. The lowest BCUT2D eigenvalue weighted by molar-refractivity contribution is -0.152. The third kappa shape index (κ3) is 6.60. The predicted molar refractivity (Wildman–Crippen MR) is 135 cm³/mol. The molecule has 0 aromatic heterocycles. The van der Waals surface area contributed by atoms with Gasteiger partial charge in [-0.2, -0.15) is 0 Å². The molecule has 0 aliphatic carbocycles. The van der Waals surface area contributed by atoms with Crippen molar-refractivity contribution in [1.29, 1.82) is 0 Å². The maximum Gasteiger partial charge on any atom is 0.304 e. The molecule has 0 bridgehead atoms. The van der Waals surface area contributed by atoms with E-state index >= 15 is 0 Å². The molecule has 2 aromatic rings. The summed E-state index contributed by atoms with van der Waals surface area (Å²) in [6.07, 6.45) is 1.78. The summed E-state index contributed by atoms with van der Waals surface area (Å²) < 4.78 is 20.4. The van der Waals surface area contributed by atoms with Crippen LogP contribution < -0.4 is 0 Å². The molecular formula is C25H29Cl2NO5S. The third-order valence-corrected chi connectivity index (χ3v) is 7.58. The summed E-state index contributed by atoms with van der Waals surface area (Å²) in [6.45, 7) is 1.97. The van der Waals surface area contributed by atoms with E-state index in [1.807, 2.05) is 42.2 Å². The Bertz CT molecular complexity index is 1030. The molecule has 1 aliphatic rings. The van der Waals surface area contributed by atoms with Gasteiger partial charge in [-0.05, 0) is 61.1 Å². The summed E-state index contributed by atoms with van der Waals surface area (Å²) in [5.41, 5.74) is 1.84. The maximum absolute atomic E-state index is 13.8. The van der Waals surface area contributed by atoms with Crippen LogP contribution in [0.25, 0.3) is 0 Å². The van der Waals surface area contributed by atoms with Crippen molar-refractivity contribution in [1.82, 2.24) is 4.90 Å². The van der Waals surface area contributed by atoms with Crippen LogP contribution >= 0.6 is 23.2 Å². The number of hydrogen-bond acceptors (Lipinski definition) is 3. The number of halogens is 2. The first-order valence-corrected chi connectivity index (χ1v) is 13.4. The van der Waals surface area contributed by atoms with Gasteiger partial charge in [0.15, 0.2) is 11.1 Å². The lowest BCUT2D eigenvalue weighted by Gasteiger charge is -2.48. The lowest BCUT2D eigenvalue weighted by Crippen LogP contribution is -2.52. The van der Waals surface area contributed by atoms with Crippen LogP contribution in [-0.4, -0.2) is 42.4 Å². The highest BCUT2D eigenvalue weighted by molar-refractivity contribution is 7.79. The van der Waals surface area contributed by atoms with Gasteiger partial charge < -0.3 is 14.6 Å². The molecule has 1 heterocycles. The van der Waals surface area contributed by atoms with E-state index in [0.29, 0.717) is 35.7 Å². The van der Waals surface area contributed by atoms with Crippen molar-refractivity contribution in [2.24, 2.45) is 5.92 Å². The van der Waals surface area contributed by atoms with Crippen LogP contribution in [-0.2, 0) is 20.7 Å². The Morgan fingerprint density at radius 3 is 2.44 bits per heavy atom. The zero-order valence-electron chi connectivity index (χ0n) is 18.9. The number of likely N-dealkylation sites (tertiary alicyclic amines) is 1. The number of carboxylic acid groups (broad SMARTS) is 1. The largest absolute Gasteiger partial charge is 0.481 e. The van der Waals surface area contributed by atoms with Crippen LogP contribution in [0.4, 0.5) is 0 Å². The second kappa shape index (κ2) is 12.2. The molecular weight excluding hydrogens is 497 g/mol. The number of amides is 1. The van der Waals surface area contributed by atoms with E-state index in [0.717, 1.165) is 11.1 Å². The van der Waals surface area contributed by atoms with E-state index < -0.39 is 23.0 Å². The van der Waals surface area contributed by atoms with E-state index in [1.165, 1.54) is 0 Å². The summed E-state index contributed by atoms with van der Waals surface area (Å²) in [7, 11) is 0. The number of aliphatic carboxylic acids is 1. The molecule has 1 fully saturated rings. The van der Waals surface area contributed by atoms with E-state index in [2.05, 4.69) is 0 Å². The SMILES string of the molecule is CCC(CCCS(=O)O)N1C(=O)C(CC(=O)O)CC(c2cccc(Cl)c2)C1c1ccc(Cl)cc1. The van der Waals surface area contributed by atoms with Crippen molar-refractivity contribution in [3.8, 4) is 0 Å². The topological polar surface area (TPSA) is 94.9 Å². The molecule has 5 unspecified atom stereocenters. The predicted octanol–water partition coefficient (Wildman–Crippen LogP) is 5.92. The number of rotatable bonds is 10. The minimum atomic E-state index is -1.91. The van der Waals surface area contributed by atoms with Gasteiger partial charge in [0.05, 0.1) is 12.5 Å². The van der Waals surface area contributed by atoms with Crippen molar-refractivity contribution in [2.75, 3.05) is 5.75 Å². The average Bonchev–Trinajstić information content (AvgIpc) is 2.78. The van der Waals surface area contributed by atoms with E-state index in [1.54, 1.807) is 18.2 Å². The molecule has 2 N–H and O–H groups in total. The lowest BCUT2D eigenvalue weighted by atomic mass is 9.74. The highest BCUT2D eigenvalue weighted by atomic mass is 35.5. The van der Waals surface area contributed by atoms with Crippen molar-refractivity contribution in [3.63, 3.8) is 0 Å². The fourth-order valence-corrected chi connectivity index (χ4v) is 5.70. The number of piperidine rings is 1. The summed E-state index contributed by atoms with van der Waals surface area (Å²) in [6, 6.07) is 14.3. The molecule has 0 radical (unpaired) electrons.